The molecular formula is C12H16CaO12+2. The third kappa shape index (κ3) is 5.34. The van der Waals surface area contributed by atoms with E-state index in [9.17, 15) is 9.59 Å². The van der Waals surface area contributed by atoms with E-state index in [1.54, 1.807) is 0 Å². The minimum absolute atomic E-state index is 0. The zero-order valence-corrected chi connectivity index (χ0v) is 14.8. The van der Waals surface area contributed by atoms with Crippen LogP contribution in [0.5, 0.6) is 0 Å². The molecule has 0 saturated heterocycles. The predicted molar refractivity (Wildman–Crippen MR) is 76.3 cm³/mol. The van der Waals surface area contributed by atoms with Crippen LogP contribution in [-0.2, 0) is 19.1 Å². The number of rotatable bonds is 4. The fraction of sp³-hybridized carbons (Fsp3) is 0.500. The summed E-state index contributed by atoms with van der Waals surface area (Å²) in [7, 11) is 0. The second-order valence-corrected chi connectivity index (χ2v) is 4.62. The van der Waals surface area contributed by atoms with Gasteiger partial charge in [-0.05, 0) is 0 Å². The first-order valence-corrected chi connectivity index (χ1v) is 6.39. The normalized spacial score (nSPS) is 24.8. The number of carbonyl (C=O) groups is 2. The summed E-state index contributed by atoms with van der Waals surface area (Å²) in [4.78, 5) is 21.1. The van der Waals surface area contributed by atoms with Crippen molar-refractivity contribution in [3.63, 3.8) is 0 Å². The first kappa shape index (κ1) is 23.7. The van der Waals surface area contributed by atoms with Crippen molar-refractivity contribution < 1.29 is 59.9 Å². The molecule has 0 aliphatic carbocycles. The number of ether oxygens (including phenoxy) is 2. The standard InChI is InChI=1S/2C6H8O6.Ca/c2*7-1-2(8)5-3(9)4(10)6(11)12-5;/h2*2,5,7-10H,1H2;/q;;+2. The molecule has 0 amide bonds. The predicted octanol–water partition coefficient (Wildman–Crippen LogP) is -3.20. The van der Waals surface area contributed by atoms with E-state index in [-0.39, 0.29) is 37.7 Å². The molecule has 2 rings (SSSR count). The van der Waals surface area contributed by atoms with Crippen molar-refractivity contribution in [3.05, 3.63) is 23.0 Å². The monoisotopic (exact) mass is 392 g/mol. The van der Waals surface area contributed by atoms with Gasteiger partial charge in [-0.1, -0.05) is 0 Å². The molecular weight excluding hydrogens is 376 g/mol. The van der Waals surface area contributed by atoms with Crippen LogP contribution in [0.25, 0.3) is 0 Å². The Morgan fingerprint density at radius 3 is 1.20 bits per heavy atom. The topological polar surface area (TPSA) is 214 Å². The maximum absolute atomic E-state index is 10.5. The van der Waals surface area contributed by atoms with Gasteiger partial charge in [0.05, 0.1) is 13.2 Å². The van der Waals surface area contributed by atoms with E-state index < -0.39 is 72.6 Å². The molecule has 0 fully saturated rings. The summed E-state index contributed by atoms with van der Waals surface area (Å²) in [5.41, 5.74) is 0. The van der Waals surface area contributed by atoms with Crippen molar-refractivity contribution in [1.29, 1.82) is 0 Å². The average Bonchev–Trinajstić information content (AvgIpc) is 2.98. The number of cyclic esters (lactones) is 2. The van der Waals surface area contributed by atoms with Crippen molar-refractivity contribution in [2.75, 3.05) is 13.2 Å². The van der Waals surface area contributed by atoms with E-state index >= 15 is 0 Å². The zero-order chi connectivity index (χ0) is 18.6. The van der Waals surface area contributed by atoms with E-state index in [0.717, 1.165) is 0 Å². The maximum atomic E-state index is 10.5. The van der Waals surface area contributed by atoms with Gasteiger partial charge >= 0.3 is 49.7 Å². The van der Waals surface area contributed by atoms with Gasteiger partial charge in [-0.25, -0.2) is 9.59 Å². The molecule has 0 aromatic rings. The summed E-state index contributed by atoms with van der Waals surface area (Å²) in [6.45, 7) is -1.34. The Kier molecular flexibility index (Phi) is 9.50. The molecule has 0 bridgehead atoms. The van der Waals surface area contributed by atoms with Crippen molar-refractivity contribution in [2.45, 2.75) is 24.4 Å². The summed E-state index contributed by atoms with van der Waals surface area (Å²) in [5, 5.41) is 70.1. The number of aliphatic hydroxyl groups excluding tert-OH is 8. The molecule has 4 atom stereocenters. The van der Waals surface area contributed by atoms with Gasteiger partial charge < -0.3 is 50.3 Å². The molecule has 4 unspecified atom stereocenters. The zero-order valence-electron chi connectivity index (χ0n) is 12.6. The van der Waals surface area contributed by atoms with Crippen LogP contribution in [0, 0.1) is 0 Å². The molecule has 2 heterocycles. The molecule has 2 aliphatic rings. The maximum Gasteiger partial charge on any atom is 2.00 e. The first-order chi connectivity index (χ1) is 11.1. The van der Waals surface area contributed by atoms with Gasteiger partial charge in [0.1, 0.15) is 12.2 Å². The second-order valence-electron chi connectivity index (χ2n) is 4.62. The fourth-order valence-corrected chi connectivity index (χ4v) is 1.65. The summed E-state index contributed by atoms with van der Waals surface area (Å²) < 4.78 is 8.63. The van der Waals surface area contributed by atoms with E-state index in [2.05, 4.69) is 9.47 Å². The molecule has 0 saturated carbocycles. The number of aliphatic hydroxyl groups is 8. The van der Waals surface area contributed by atoms with E-state index in [0.29, 0.717) is 0 Å². The first-order valence-electron chi connectivity index (χ1n) is 6.39. The summed E-state index contributed by atoms with van der Waals surface area (Å²) in [6.07, 6.45) is -5.55. The second kappa shape index (κ2) is 10.0. The van der Waals surface area contributed by atoms with Gasteiger partial charge in [-0.2, -0.15) is 0 Å². The largest absolute Gasteiger partial charge is 2.00 e. The number of carbonyl (C=O) groups excluding carboxylic acids is 2. The molecule has 13 heteroatoms. The number of esters is 2. The van der Waals surface area contributed by atoms with Crippen molar-refractivity contribution >= 4 is 49.7 Å². The molecule has 25 heavy (non-hydrogen) atoms. The molecule has 136 valence electrons. The van der Waals surface area contributed by atoms with Crippen molar-refractivity contribution in [2.24, 2.45) is 0 Å². The van der Waals surface area contributed by atoms with Gasteiger partial charge in [0.2, 0.25) is 11.5 Å². The molecule has 0 spiro atoms. The smallest absolute Gasteiger partial charge is 0.505 e. The van der Waals surface area contributed by atoms with Crippen LogP contribution in [0.4, 0.5) is 0 Å². The minimum Gasteiger partial charge on any atom is -0.505 e. The van der Waals surface area contributed by atoms with E-state index in [4.69, 9.17) is 40.9 Å². The van der Waals surface area contributed by atoms with Crippen LogP contribution >= 0.6 is 0 Å². The van der Waals surface area contributed by atoms with Crippen LogP contribution in [0.3, 0.4) is 0 Å². The molecule has 12 nitrogen and oxygen atoms in total. The Hall–Kier alpha value is -1.28. The third-order valence-corrected chi connectivity index (χ3v) is 2.95. The van der Waals surface area contributed by atoms with Gasteiger partial charge in [0.15, 0.2) is 23.7 Å². The molecule has 0 radical (unpaired) electrons. The fourth-order valence-electron chi connectivity index (χ4n) is 1.65. The van der Waals surface area contributed by atoms with Crippen molar-refractivity contribution in [3.8, 4) is 0 Å². The number of hydrogen-bond acceptors (Lipinski definition) is 12. The van der Waals surface area contributed by atoms with Gasteiger partial charge in [0.25, 0.3) is 0 Å². The number of hydrogen-bond donors (Lipinski definition) is 8. The van der Waals surface area contributed by atoms with Crippen LogP contribution in [0.2, 0.25) is 0 Å². The van der Waals surface area contributed by atoms with Gasteiger partial charge in [-0.3, -0.25) is 0 Å². The SMILES string of the molecule is O=C1OC(C(O)CO)C(O)=C1O.O=C1OC(C(O)CO)C(O)=C1O.[Ca+2]. The van der Waals surface area contributed by atoms with E-state index in [1.807, 2.05) is 0 Å². The molecule has 0 aromatic carbocycles. The van der Waals surface area contributed by atoms with Gasteiger partial charge in [-0.15, -0.1) is 0 Å². The van der Waals surface area contributed by atoms with Crippen LogP contribution in [0.15, 0.2) is 23.0 Å². The van der Waals surface area contributed by atoms with Crippen LogP contribution in [0.1, 0.15) is 0 Å². The Bertz CT molecular complexity index is 520. The molecule has 2 aliphatic heterocycles. The molecule has 8 N–H and O–H groups in total. The van der Waals surface area contributed by atoms with Gasteiger partial charge in [0, 0.05) is 0 Å². The Labute approximate surface area is 169 Å². The molecule has 0 aromatic heterocycles. The van der Waals surface area contributed by atoms with Crippen LogP contribution in [-0.4, -0.2) is 128 Å². The summed E-state index contributed by atoms with van der Waals surface area (Å²) in [5.74, 6) is -5.56. The van der Waals surface area contributed by atoms with Crippen molar-refractivity contribution in [1.82, 2.24) is 0 Å². The Balaban J connectivity index is 0.000000443. The minimum atomic E-state index is -1.42. The summed E-state index contributed by atoms with van der Waals surface area (Å²) in [6, 6.07) is 0. The Morgan fingerprint density at radius 2 is 1.04 bits per heavy atom. The van der Waals surface area contributed by atoms with Crippen LogP contribution < -0.4 is 0 Å². The quantitative estimate of drug-likeness (QED) is 0.175. The Morgan fingerprint density at radius 1 is 0.760 bits per heavy atom. The third-order valence-electron chi connectivity index (χ3n) is 2.95. The average molecular weight is 392 g/mol. The summed E-state index contributed by atoms with van der Waals surface area (Å²) >= 11 is 0. The van der Waals surface area contributed by atoms with E-state index in [1.165, 1.54) is 0 Å².